The van der Waals surface area contributed by atoms with Crippen LogP contribution in [0.15, 0.2) is 0 Å². The summed E-state index contributed by atoms with van der Waals surface area (Å²) < 4.78 is 10.6. The fourth-order valence-corrected chi connectivity index (χ4v) is 2.49. The standard InChI is InChI=1S/C6H13ClOS2/c1-6(5-7)9-3-4-10(2)8/h6H,3-5H2,1-2H3. The van der Waals surface area contributed by atoms with Gasteiger partial charge in [-0.25, -0.2) is 0 Å². The number of hydrogen-bond acceptors (Lipinski definition) is 2. The van der Waals surface area contributed by atoms with Crippen LogP contribution < -0.4 is 0 Å². The van der Waals surface area contributed by atoms with Crippen LogP contribution in [0.3, 0.4) is 0 Å². The van der Waals surface area contributed by atoms with Gasteiger partial charge in [-0.05, 0) is 0 Å². The van der Waals surface area contributed by atoms with Gasteiger partial charge in [0.25, 0.3) is 0 Å². The average molecular weight is 201 g/mol. The molecule has 0 rings (SSSR count). The Kier molecular flexibility index (Phi) is 7.01. The van der Waals surface area contributed by atoms with Crippen molar-refractivity contribution in [3.05, 3.63) is 0 Å². The highest BCUT2D eigenvalue weighted by molar-refractivity contribution is 8.00. The molecule has 4 heteroatoms. The van der Waals surface area contributed by atoms with Crippen LogP contribution in [0.4, 0.5) is 0 Å². The Hall–Kier alpha value is 0.790. The molecule has 2 unspecified atom stereocenters. The minimum absolute atomic E-state index is 0.491. The molecule has 0 N–H and O–H groups in total. The molecule has 0 aromatic rings. The van der Waals surface area contributed by atoms with Crippen molar-refractivity contribution in [2.75, 3.05) is 23.6 Å². The van der Waals surface area contributed by atoms with Crippen molar-refractivity contribution < 1.29 is 4.21 Å². The van der Waals surface area contributed by atoms with Gasteiger partial charge in [-0.3, -0.25) is 4.21 Å². The fraction of sp³-hybridized carbons (Fsp3) is 1.00. The Morgan fingerprint density at radius 2 is 2.30 bits per heavy atom. The van der Waals surface area contributed by atoms with Crippen LogP contribution in [-0.4, -0.2) is 33.1 Å². The minimum atomic E-state index is -0.648. The zero-order valence-electron chi connectivity index (χ0n) is 6.30. The zero-order chi connectivity index (χ0) is 7.98. The summed E-state index contributed by atoms with van der Waals surface area (Å²) in [5.41, 5.74) is 0. The molecule has 0 aromatic heterocycles. The van der Waals surface area contributed by atoms with Crippen molar-refractivity contribution >= 4 is 34.2 Å². The van der Waals surface area contributed by atoms with Crippen LogP contribution in [0, 0.1) is 0 Å². The number of halogens is 1. The van der Waals surface area contributed by atoms with Crippen molar-refractivity contribution in [2.24, 2.45) is 0 Å². The molecule has 0 bridgehead atoms. The molecule has 0 spiro atoms. The molecular formula is C6H13ClOS2. The van der Waals surface area contributed by atoms with E-state index in [2.05, 4.69) is 6.92 Å². The van der Waals surface area contributed by atoms with Crippen molar-refractivity contribution in [1.82, 2.24) is 0 Å². The first-order valence-corrected chi connectivity index (χ1v) is 6.45. The molecule has 0 amide bonds. The van der Waals surface area contributed by atoms with Gasteiger partial charge in [-0.15, -0.1) is 11.6 Å². The maximum absolute atomic E-state index is 10.6. The van der Waals surface area contributed by atoms with E-state index in [1.54, 1.807) is 18.0 Å². The highest BCUT2D eigenvalue weighted by atomic mass is 35.5. The molecule has 0 heterocycles. The van der Waals surface area contributed by atoms with E-state index in [4.69, 9.17) is 11.6 Å². The smallest absolute Gasteiger partial charge is 0.0339 e. The van der Waals surface area contributed by atoms with E-state index in [-0.39, 0.29) is 0 Å². The van der Waals surface area contributed by atoms with E-state index in [0.29, 0.717) is 11.1 Å². The Morgan fingerprint density at radius 3 is 2.70 bits per heavy atom. The number of thioether (sulfide) groups is 1. The molecule has 0 fully saturated rings. The Morgan fingerprint density at radius 1 is 1.70 bits per heavy atom. The van der Waals surface area contributed by atoms with Gasteiger partial charge in [0.2, 0.25) is 0 Å². The summed E-state index contributed by atoms with van der Waals surface area (Å²) >= 11 is 7.35. The third kappa shape index (κ3) is 6.90. The number of hydrogen-bond donors (Lipinski definition) is 0. The first-order valence-electron chi connectivity index (χ1n) is 3.14. The monoisotopic (exact) mass is 200 g/mol. The summed E-state index contributed by atoms with van der Waals surface area (Å²) in [6.45, 7) is 2.08. The van der Waals surface area contributed by atoms with Gasteiger partial charge in [0.15, 0.2) is 0 Å². The molecule has 62 valence electrons. The first kappa shape index (κ1) is 10.8. The fourth-order valence-electron chi connectivity index (χ4n) is 0.411. The lowest BCUT2D eigenvalue weighted by Crippen LogP contribution is -2.03. The molecular weight excluding hydrogens is 188 g/mol. The van der Waals surface area contributed by atoms with Crippen molar-refractivity contribution in [1.29, 1.82) is 0 Å². The van der Waals surface area contributed by atoms with Gasteiger partial charge in [0.1, 0.15) is 0 Å². The molecule has 10 heavy (non-hydrogen) atoms. The van der Waals surface area contributed by atoms with Gasteiger partial charge in [-0.2, -0.15) is 11.8 Å². The lowest BCUT2D eigenvalue weighted by Gasteiger charge is -2.04. The predicted molar refractivity (Wildman–Crippen MR) is 51.6 cm³/mol. The van der Waals surface area contributed by atoms with Crippen LogP contribution in [0.1, 0.15) is 6.92 Å². The Balaban J connectivity index is 3.11. The highest BCUT2D eigenvalue weighted by Gasteiger charge is 1.99. The van der Waals surface area contributed by atoms with Crippen LogP contribution in [0.5, 0.6) is 0 Å². The van der Waals surface area contributed by atoms with E-state index < -0.39 is 10.8 Å². The number of rotatable bonds is 5. The summed E-state index contributed by atoms with van der Waals surface area (Å²) in [5.74, 6) is 2.42. The Bertz CT molecular complexity index is 108. The second kappa shape index (κ2) is 6.50. The SMILES string of the molecule is CC(CCl)SCCS(C)=O. The van der Waals surface area contributed by atoms with Crippen molar-refractivity contribution in [3.8, 4) is 0 Å². The quantitative estimate of drug-likeness (QED) is 0.629. The van der Waals surface area contributed by atoms with Gasteiger partial charge < -0.3 is 0 Å². The second-order valence-corrected chi connectivity index (χ2v) is 5.52. The molecule has 0 aliphatic heterocycles. The molecule has 2 atom stereocenters. The summed E-state index contributed by atoms with van der Waals surface area (Å²) in [5, 5.41) is 0.491. The van der Waals surface area contributed by atoms with Crippen molar-refractivity contribution in [2.45, 2.75) is 12.2 Å². The largest absolute Gasteiger partial charge is 0.260 e. The summed E-state index contributed by atoms with van der Waals surface area (Å²) in [6, 6.07) is 0. The van der Waals surface area contributed by atoms with Gasteiger partial charge in [0, 0.05) is 39.7 Å². The molecule has 0 radical (unpaired) electrons. The maximum Gasteiger partial charge on any atom is 0.0339 e. The van der Waals surface area contributed by atoms with Crippen LogP contribution in [0.2, 0.25) is 0 Å². The molecule has 0 aliphatic rings. The molecule has 0 saturated carbocycles. The van der Waals surface area contributed by atoms with E-state index in [1.807, 2.05) is 0 Å². The Labute approximate surface area is 74.4 Å². The van der Waals surface area contributed by atoms with Gasteiger partial charge in [0.05, 0.1) is 0 Å². The molecule has 0 saturated heterocycles. The summed E-state index contributed by atoms with van der Waals surface area (Å²) in [4.78, 5) is 0. The van der Waals surface area contributed by atoms with E-state index in [1.165, 1.54) is 0 Å². The van der Waals surface area contributed by atoms with E-state index in [9.17, 15) is 4.21 Å². The third-order valence-electron chi connectivity index (χ3n) is 0.990. The zero-order valence-corrected chi connectivity index (χ0v) is 8.69. The molecule has 1 nitrogen and oxygen atoms in total. The summed E-state index contributed by atoms with van der Waals surface area (Å²) in [6.07, 6.45) is 1.73. The van der Waals surface area contributed by atoms with E-state index in [0.717, 1.165) is 11.5 Å². The lowest BCUT2D eigenvalue weighted by molar-refractivity contribution is 0.687. The minimum Gasteiger partial charge on any atom is -0.260 e. The first-order chi connectivity index (χ1) is 4.66. The number of alkyl halides is 1. The van der Waals surface area contributed by atoms with Crippen LogP contribution in [0.25, 0.3) is 0 Å². The maximum atomic E-state index is 10.6. The van der Waals surface area contributed by atoms with E-state index >= 15 is 0 Å². The highest BCUT2D eigenvalue weighted by Crippen LogP contribution is 2.10. The molecule has 0 aromatic carbocycles. The predicted octanol–water partition coefficient (Wildman–Crippen LogP) is 1.73. The topological polar surface area (TPSA) is 17.1 Å². The van der Waals surface area contributed by atoms with Gasteiger partial charge in [-0.1, -0.05) is 6.92 Å². The normalized spacial score (nSPS) is 16.7. The second-order valence-electron chi connectivity index (χ2n) is 2.11. The van der Waals surface area contributed by atoms with Crippen molar-refractivity contribution in [3.63, 3.8) is 0 Å². The summed E-state index contributed by atoms with van der Waals surface area (Å²) in [7, 11) is -0.648. The van der Waals surface area contributed by atoms with Gasteiger partial charge >= 0.3 is 0 Å². The third-order valence-corrected chi connectivity index (χ3v) is 3.85. The lowest BCUT2D eigenvalue weighted by atomic mass is 10.6. The van der Waals surface area contributed by atoms with Crippen LogP contribution in [-0.2, 0) is 10.8 Å². The molecule has 0 aliphatic carbocycles. The van der Waals surface area contributed by atoms with Crippen LogP contribution >= 0.6 is 23.4 Å². The average Bonchev–Trinajstić information content (AvgIpc) is 1.87.